The van der Waals surface area contributed by atoms with Gasteiger partial charge in [-0.3, -0.25) is 19.8 Å². The summed E-state index contributed by atoms with van der Waals surface area (Å²) in [7, 11) is 1.65. The van der Waals surface area contributed by atoms with Gasteiger partial charge in [-0.1, -0.05) is 6.07 Å². The van der Waals surface area contributed by atoms with Crippen LogP contribution in [0.3, 0.4) is 0 Å². The van der Waals surface area contributed by atoms with Crippen LogP contribution in [0.4, 0.5) is 11.4 Å². The lowest BCUT2D eigenvalue weighted by atomic mass is 10.1. The van der Waals surface area contributed by atoms with E-state index in [1.165, 1.54) is 6.07 Å². The average molecular weight is 465 g/mol. The lowest BCUT2D eigenvalue weighted by molar-refractivity contribution is -0.385. The van der Waals surface area contributed by atoms with Crippen molar-refractivity contribution >= 4 is 17.3 Å². The number of hydrogen-bond acceptors (Lipinski definition) is 7. The third-order valence-electron chi connectivity index (χ3n) is 6.19. The third kappa shape index (κ3) is 5.20. The second-order valence-electron chi connectivity index (χ2n) is 8.22. The average Bonchev–Trinajstić information content (AvgIpc) is 3.39. The van der Waals surface area contributed by atoms with Crippen molar-refractivity contribution in [3.8, 4) is 5.75 Å². The van der Waals surface area contributed by atoms with Crippen molar-refractivity contribution in [2.24, 2.45) is 0 Å². The molecule has 0 saturated carbocycles. The van der Waals surface area contributed by atoms with E-state index < -0.39 is 4.92 Å². The van der Waals surface area contributed by atoms with Crippen LogP contribution in [0.25, 0.3) is 0 Å². The van der Waals surface area contributed by atoms with Gasteiger partial charge in [-0.15, -0.1) is 0 Å². The van der Waals surface area contributed by atoms with E-state index >= 15 is 0 Å². The number of nitro benzene ring substituents is 1. The van der Waals surface area contributed by atoms with E-state index in [1.807, 2.05) is 24.3 Å². The highest BCUT2D eigenvalue weighted by atomic mass is 16.6. The number of amides is 1. The molecule has 1 unspecified atom stereocenters. The van der Waals surface area contributed by atoms with Crippen molar-refractivity contribution in [2.75, 3.05) is 44.7 Å². The summed E-state index contributed by atoms with van der Waals surface area (Å²) < 4.78 is 10.9. The standard InChI is InChI=1S/C25H28N4O5/c1-18-5-6-19(16-22(18)29(31)32)25(30)26-17-23(24-4-3-15-34-24)28-13-11-27(12-14-28)20-7-9-21(33-2)10-8-20/h3-10,15-16,23H,11-14,17H2,1-2H3,(H,26,30). The topological polar surface area (TPSA) is 101 Å². The minimum Gasteiger partial charge on any atom is -0.497 e. The zero-order chi connectivity index (χ0) is 24.1. The van der Waals surface area contributed by atoms with Gasteiger partial charge in [-0.2, -0.15) is 0 Å². The minimum atomic E-state index is -0.472. The first-order valence-corrected chi connectivity index (χ1v) is 11.2. The molecule has 3 aromatic rings. The van der Waals surface area contributed by atoms with Crippen molar-refractivity contribution < 1.29 is 18.9 Å². The maximum absolute atomic E-state index is 12.8. The number of methoxy groups -OCH3 is 1. The van der Waals surface area contributed by atoms with Gasteiger partial charge in [-0.25, -0.2) is 0 Å². The molecule has 2 aromatic carbocycles. The molecule has 0 aliphatic carbocycles. The zero-order valence-electron chi connectivity index (χ0n) is 19.3. The van der Waals surface area contributed by atoms with E-state index in [1.54, 1.807) is 32.4 Å². The Balaban J connectivity index is 1.41. The number of nitrogens with zero attached hydrogens (tertiary/aromatic N) is 3. The highest BCUT2D eigenvalue weighted by Gasteiger charge is 2.28. The number of nitrogens with one attached hydrogen (secondary N) is 1. The van der Waals surface area contributed by atoms with Gasteiger partial charge in [0.25, 0.3) is 11.6 Å². The van der Waals surface area contributed by atoms with Crippen molar-refractivity contribution in [1.82, 2.24) is 10.2 Å². The lowest BCUT2D eigenvalue weighted by Crippen LogP contribution is -2.49. The summed E-state index contributed by atoms with van der Waals surface area (Å²) in [5, 5.41) is 14.2. The highest BCUT2D eigenvalue weighted by molar-refractivity contribution is 5.95. The molecule has 1 N–H and O–H groups in total. The number of rotatable bonds is 8. The molecule has 4 rings (SSSR count). The van der Waals surface area contributed by atoms with E-state index in [9.17, 15) is 14.9 Å². The van der Waals surface area contributed by atoms with E-state index in [2.05, 4.69) is 27.2 Å². The molecule has 2 heterocycles. The Kier molecular flexibility index (Phi) is 7.12. The fraction of sp³-hybridized carbons (Fsp3) is 0.320. The van der Waals surface area contributed by atoms with Crippen molar-refractivity contribution in [3.05, 3.63) is 87.9 Å². The van der Waals surface area contributed by atoms with Gasteiger partial charge in [-0.05, 0) is 49.4 Å². The molecule has 1 fully saturated rings. The Labute approximate surface area is 198 Å². The van der Waals surface area contributed by atoms with E-state index in [4.69, 9.17) is 9.15 Å². The van der Waals surface area contributed by atoms with Crippen LogP contribution < -0.4 is 15.0 Å². The summed E-state index contributed by atoms with van der Waals surface area (Å²) in [6.07, 6.45) is 1.63. The molecule has 1 atom stereocenters. The molecule has 1 aliphatic rings. The number of aryl methyl sites for hydroxylation is 1. The Morgan fingerprint density at radius 2 is 1.88 bits per heavy atom. The van der Waals surface area contributed by atoms with Crippen LogP contribution in [0.15, 0.2) is 65.3 Å². The number of nitro groups is 1. The SMILES string of the molecule is COc1ccc(N2CCN(C(CNC(=O)c3ccc(C)c([N+](=O)[O-])c3)c3ccco3)CC2)cc1. The normalized spacial score (nSPS) is 15.1. The molecular weight excluding hydrogens is 436 g/mol. The number of piperazine rings is 1. The summed E-state index contributed by atoms with van der Waals surface area (Å²) in [5.41, 5.74) is 1.86. The minimum absolute atomic E-state index is 0.0649. The summed E-state index contributed by atoms with van der Waals surface area (Å²) >= 11 is 0. The Morgan fingerprint density at radius 1 is 1.15 bits per heavy atom. The Bertz CT molecular complexity index is 1120. The van der Waals surface area contributed by atoms with Gasteiger partial charge in [0.1, 0.15) is 11.5 Å². The first kappa shape index (κ1) is 23.3. The first-order valence-electron chi connectivity index (χ1n) is 11.2. The molecule has 0 spiro atoms. The number of furan rings is 1. The molecule has 0 radical (unpaired) electrons. The predicted molar refractivity (Wildman–Crippen MR) is 128 cm³/mol. The van der Waals surface area contributed by atoms with Crippen LogP contribution in [0.1, 0.15) is 27.7 Å². The molecule has 1 saturated heterocycles. The van der Waals surface area contributed by atoms with Gasteiger partial charge in [0.15, 0.2) is 0 Å². The van der Waals surface area contributed by atoms with Crippen LogP contribution in [-0.4, -0.2) is 55.6 Å². The molecule has 9 nitrogen and oxygen atoms in total. The number of hydrogen-bond donors (Lipinski definition) is 1. The van der Waals surface area contributed by atoms with Crippen molar-refractivity contribution in [2.45, 2.75) is 13.0 Å². The highest BCUT2D eigenvalue weighted by Crippen LogP contribution is 2.26. The largest absolute Gasteiger partial charge is 0.497 e. The summed E-state index contributed by atoms with van der Waals surface area (Å²) in [5.74, 6) is 1.25. The van der Waals surface area contributed by atoms with Gasteiger partial charge in [0.05, 0.1) is 24.3 Å². The van der Waals surface area contributed by atoms with Crippen molar-refractivity contribution in [3.63, 3.8) is 0 Å². The van der Waals surface area contributed by atoms with Gasteiger partial charge in [0.2, 0.25) is 0 Å². The number of carbonyl (C=O) groups excluding carboxylic acids is 1. The van der Waals surface area contributed by atoms with Crippen molar-refractivity contribution in [1.29, 1.82) is 0 Å². The fourth-order valence-electron chi connectivity index (χ4n) is 4.21. The molecular formula is C25H28N4O5. The van der Waals surface area contributed by atoms with E-state index in [0.717, 1.165) is 43.4 Å². The monoisotopic (exact) mass is 464 g/mol. The number of anilines is 1. The van der Waals surface area contributed by atoms with Gasteiger partial charge >= 0.3 is 0 Å². The fourth-order valence-corrected chi connectivity index (χ4v) is 4.21. The predicted octanol–water partition coefficient (Wildman–Crippen LogP) is 3.80. The lowest BCUT2D eigenvalue weighted by Gasteiger charge is -2.39. The van der Waals surface area contributed by atoms with Crippen LogP contribution >= 0.6 is 0 Å². The van der Waals surface area contributed by atoms with Gasteiger partial charge in [0, 0.05) is 55.6 Å². The molecule has 0 bridgehead atoms. The number of carbonyl (C=O) groups is 1. The molecule has 178 valence electrons. The van der Waals surface area contributed by atoms with Crippen LogP contribution in [0.5, 0.6) is 5.75 Å². The summed E-state index contributed by atoms with van der Waals surface area (Å²) in [6, 6.07) is 16.1. The second kappa shape index (κ2) is 10.4. The Morgan fingerprint density at radius 3 is 2.50 bits per heavy atom. The number of ether oxygens (including phenoxy) is 1. The zero-order valence-corrected chi connectivity index (χ0v) is 19.3. The molecule has 1 aliphatic heterocycles. The quantitative estimate of drug-likeness (QED) is 0.400. The van der Waals surface area contributed by atoms with E-state index in [-0.39, 0.29) is 23.2 Å². The smallest absolute Gasteiger partial charge is 0.273 e. The molecule has 1 amide bonds. The summed E-state index contributed by atoms with van der Waals surface area (Å²) in [6.45, 7) is 5.24. The number of benzene rings is 2. The summed E-state index contributed by atoms with van der Waals surface area (Å²) in [4.78, 5) is 28.1. The van der Waals surface area contributed by atoms with Crippen LogP contribution in [0, 0.1) is 17.0 Å². The Hall–Kier alpha value is -3.85. The van der Waals surface area contributed by atoms with E-state index in [0.29, 0.717) is 12.1 Å². The molecule has 34 heavy (non-hydrogen) atoms. The third-order valence-corrected chi connectivity index (χ3v) is 6.19. The van der Waals surface area contributed by atoms with Gasteiger partial charge < -0.3 is 19.4 Å². The maximum Gasteiger partial charge on any atom is 0.273 e. The van der Waals surface area contributed by atoms with Crippen LogP contribution in [0.2, 0.25) is 0 Å². The molecule has 1 aromatic heterocycles. The first-order chi connectivity index (χ1) is 16.5. The van der Waals surface area contributed by atoms with Crippen LogP contribution in [-0.2, 0) is 0 Å². The second-order valence-corrected chi connectivity index (χ2v) is 8.22. The maximum atomic E-state index is 12.8. The molecule has 9 heteroatoms.